The molecular formula is C21H20ClN5O3S3. The Morgan fingerprint density at radius 3 is 2.42 bits per heavy atom. The van der Waals surface area contributed by atoms with Gasteiger partial charge in [-0.1, -0.05) is 52.8 Å². The van der Waals surface area contributed by atoms with E-state index in [1.165, 1.54) is 26.2 Å². The van der Waals surface area contributed by atoms with E-state index in [2.05, 4.69) is 15.0 Å². The molecular weight excluding hydrogens is 502 g/mol. The standard InChI is InChI=1S/C21H20ClN5O3S3/c1-14-2-4-15(5-3-14)20-24-27-18(28)12-16(23-21(27)32-20)13-25-8-10-26(11-9-25)33(29,30)19-7-6-17(22)31-19/h2-7,12H,8-11,13H2,1H3. The fourth-order valence-corrected chi connectivity index (χ4v) is 7.66. The largest absolute Gasteiger partial charge is 0.295 e. The summed E-state index contributed by atoms with van der Waals surface area (Å²) >= 11 is 8.35. The number of hydrogen-bond acceptors (Lipinski definition) is 8. The lowest BCUT2D eigenvalue weighted by Crippen LogP contribution is -2.48. The fourth-order valence-electron chi connectivity index (χ4n) is 3.67. The molecule has 5 rings (SSSR count). The number of halogens is 1. The van der Waals surface area contributed by atoms with E-state index in [9.17, 15) is 13.2 Å². The van der Waals surface area contributed by atoms with Crippen LogP contribution in [0.1, 0.15) is 11.3 Å². The molecule has 1 aliphatic heterocycles. The Labute approximate surface area is 203 Å². The molecule has 3 aromatic heterocycles. The van der Waals surface area contributed by atoms with Crippen LogP contribution in [-0.2, 0) is 16.6 Å². The number of aromatic nitrogens is 3. The third kappa shape index (κ3) is 4.61. The molecule has 0 N–H and O–H groups in total. The summed E-state index contributed by atoms with van der Waals surface area (Å²) in [7, 11) is -3.53. The molecule has 0 radical (unpaired) electrons. The Morgan fingerprint density at radius 1 is 1.03 bits per heavy atom. The van der Waals surface area contributed by atoms with Gasteiger partial charge >= 0.3 is 0 Å². The molecule has 0 aliphatic carbocycles. The van der Waals surface area contributed by atoms with Crippen molar-refractivity contribution in [2.24, 2.45) is 0 Å². The Bertz CT molecular complexity index is 1470. The Morgan fingerprint density at radius 2 is 1.76 bits per heavy atom. The first kappa shape index (κ1) is 22.6. The lowest BCUT2D eigenvalue weighted by molar-refractivity contribution is 0.180. The van der Waals surface area contributed by atoms with Crippen LogP contribution in [0.2, 0.25) is 4.34 Å². The van der Waals surface area contributed by atoms with Gasteiger partial charge in [-0.15, -0.1) is 11.3 Å². The average Bonchev–Trinajstić information content (AvgIpc) is 3.42. The summed E-state index contributed by atoms with van der Waals surface area (Å²) < 4.78 is 29.1. The minimum atomic E-state index is -3.53. The van der Waals surface area contributed by atoms with Crippen molar-refractivity contribution in [1.82, 2.24) is 23.8 Å². The van der Waals surface area contributed by atoms with Gasteiger partial charge in [0.1, 0.15) is 9.22 Å². The van der Waals surface area contributed by atoms with Gasteiger partial charge < -0.3 is 0 Å². The van der Waals surface area contributed by atoms with Gasteiger partial charge in [-0.05, 0) is 19.1 Å². The van der Waals surface area contributed by atoms with Crippen molar-refractivity contribution in [2.75, 3.05) is 26.2 Å². The molecule has 4 aromatic rings. The van der Waals surface area contributed by atoms with Crippen molar-refractivity contribution in [3.8, 4) is 10.6 Å². The second kappa shape index (κ2) is 8.90. The topological polar surface area (TPSA) is 87.9 Å². The number of rotatable bonds is 5. The van der Waals surface area contributed by atoms with Gasteiger partial charge in [0.25, 0.3) is 15.6 Å². The molecule has 1 aromatic carbocycles. The number of fused-ring (bicyclic) bond motifs is 1. The lowest BCUT2D eigenvalue weighted by Gasteiger charge is -2.33. The number of nitrogens with zero attached hydrogens (tertiary/aromatic N) is 5. The quantitative estimate of drug-likeness (QED) is 0.400. The van der Waals surface area contributed by atoms with E-state index >= 15 is 0 Å². The zero-order valence-electron chi connectivity index (χ0n) is 17.6. The summed E-state index contributed by atoms with van der Waals surface area (Å²) in [6.07, 6.45) is 0. The van der Waals surface area contributed by atoms with Gasteiger partial charge in [-0.3, -0.25) is 9.69 Å². The third-order valence-corrected chi connectivity index (χ3v) is 10.0. The molecule has 8 nitrogen and oxygen atoms in total. The van der Waals surface area contributed by atoms with E-state index in [4.69, 9.17) is 11.6 Å². The summed E-state index contributed by atoms with van der Waals surface area (Å²) in [6.45, 7) is 4.34. The van der Waals surface area contributed by atoms with E-state index in [-0.39, 0.29) is 9.77 Å². The summed E-state index contributed by atoms with van der Waals surface area (Å²) in [4.78, 5) is 19.9. The van der Waals surface area contributed by atoms with Crippen LogP contribution in [0, 0.1) is 6.92 Å². The first-order valence-electron chi connectivity index (χ1n) is 10.2. The second-order valence-electron chi connectivity index (χ2n) is 7.79. The van der Waals surface area contributed by atoms with E-state index in [0.717, 1.165) is 27.5 Å². The van der Waals surface area contributed by atoms with Gasteiger partial charge in [-0.2, -0.15) is 13.9 Å². The molecule has 33 heavy (non-hydrogen) atoms. The van der Waals surface area contributed by atoms with Crippen LogP contribution in [-0.4, -0.2) is 58.4 Å². The van der Waals surface area contributed by atoms with Crippen molar-refractivity contribution in [3.63, 3.8) is 0 Å². The van der Waals surface area contributed by atoms with Crippen LogP contribution < -0.4 is 5.56 Å². The van der Waals surface area contributed by atoms with Gasteiger partial charge in [-0.25, -0.2) is 13.4 Å². The summed E-state index contributed by atoms with van der Waals surface area (Å²) in [5.41, 5.74) is 2.53. The van der Waals surface area contributed by atoms with Crippen molar-refractivity contribution >= 4 is 49.3 Å². The maximum atomic E-state index is 12.8. The number of hydrogen-bond donors (Lipinski definition) is 0. The average molecular weight is 522 g/mol. The van der Waals surface area contributed by atoms with Crippen LogP contribution >= 0.6 is 34.3 Å². The first-order valence-corrected chi connectivity index (χ1v) is 13.7. The molecule has 0 amide bonds. The Kier molecular flexibility index (Phi) is 6.10. The Balaban J connectivity index is 1.30. The molecule has 0 unspecified atom stereocenters. The monoisotopic (exact) mass is 521 g/mol. The smallest absolute Gasteiger partial charge is 0.275 e. The highest BCUT2D eigenvalue weighted by Gasteiger charge is 2.30. The third-order valence-electron chi connectivity index (χ3n) is 5.46. The number of benzene rings is 1. The predicted octanol–water partition coefficient (Wildman–Crippen LogP) is 3.35. The number of aryl methyl sites for hydroxylation is 1. The second-order valence-corrected chi connectivity index (χ2v) is 12.6. The number of sulfonamides is 1. The van der Waals surface area contributed by atoms with Crippen LogP contribution in [0.4, 0.5) is 0 Å². The Hall–Kier alpha value is -2.15. The van der Waals surface area contributed by atoms with E-state index in [1.807, 2.05) is 31.2 Å². The molecule has 0 bridgehead atoms. The molecule has 172 valence electrons. The SMILES string of the molecule is Cc1ccc(-c2nn3c(=O)cc(CN4CCN(S(=O)(=O)c5ccc(Cl)s5)CC4)nc3s2)cc1. The zero-order valence-corrected chi connectivity index (χ0v) is 20.8. The van der Waals surface area contributed by atoms with E-state index in [1.54, 1.807) is 12.1 Å². The molecule has 1 saturated heterocycles. The van der Waals surface area contributed by atoms with E-state index < -0.39 is 10.0 Å². The van der Waals surface area contributed by atoms with Gasteiger partial charge in [0, 0.05) is 44.4 Å². The zero-order chi connectivity index (χ0) is 23.2. The van der Waals surface area contributed by atoms with Crippen molar-refractivity contribution in [2.45, 2.75) is 17.7 Å². The van der Waals surface area contributed by atoms with Crippen LogP contribution in [0.15, 0.2) is 51.5 Å². The number of thiophene rings is 1. The van der Waals surface area contributed by atoms with Gasteiger partial charge in [0.05, 0.1) is 10.0 Å². The minimum absolute atomic E-state index is 0.222. The summed E-state index contributed by atoms with van der Waals surface area (Å²) in [5, 5.41) is 5.17. The molecule has 0 spiro atoms. The maximum Gasteiger partial charge on any atom is 0.275 e. The molecule has 4 heterocycles. The maximum absolute atomic E-state index is 12.8. The lowest BCUT2D eigenvalue weighted by atomic mass is 10.2. The van der Waals surface area contributed by atoms with Crippen molar-refractivity contribution < 1.29 is 8.42 Å². The molecule has 12 heteroatoms. The van der Waals surface area contributed by atoms with Crippen molar-refractivity contribution in [1.29, 1.82) is 0 Å². The fraction of sp³-hybridized carbons (Fsp3) is 0.286. The highest BCUT2D eigenvalue weighted by atomic mass is 35.5. The molecule has 1 aliphatic rings. The number of piperazine rings is 1. The molecule has 0 saturated carbocycles. The highest BCUT2D eigenvalue weighted by molar-refractivity contribution is 7.91. The van der Waals surface area contributed by atoms with Gasteiger partial charge in [0.2, 0.25) is 4.96 Å². The van der Waals surface area contributed by atoms with E-state index in [0.29, 0.717) is 47.7 Å². The van der Waals surface area contributed by atoms with Gasteiger partial charge in [0.15, 0.2) is 0 Å². The summed E-state index contributed by atoms with van der Waals surface area (Å²) in [5.74, 6) is 0. The predicted molar refractivity (Wildman–Crippen MR) is 131 cm³/mol. The summed E-state index contributed by atoms with van der Waals surface area (Å²) in [6, 6.07) is 12.6. The highest BCUT2D eigenvalue weighted by Crippen LogP contribution is 2.29. The van der Waals surface area contributed by atoms with Crippen LogP contribution in [0.25, 0.3) is 15.5 Å². The van der Waals surface area contributed by atoms with Crippen LogP contribution in [0.5, 0.6) is 0 Å². The normalized spacial score (nSPS) is 15.9. The minimum Gasteiger partial charge on any atom is -0.295 e. The molecule has 0 atom stereocenters. The molecule has 1 fully saturated rings. The van der Waals surface area contributed by atoms with Crippen molar-refractivity contribution in [3.05, 3.63) is 68.4 Å². The first-order chi connectivity index (χ1) is 15.8. The van der Waals surface area contributed by atoms with Crippen LogP contribution in [0.3, 0.4) is 0 Å².